The highest BCUT2D eigenvalue weighted by Crippen LogP contribution is 2.19. The summed E-state index contributed by atoms with van der Waals surface area (Å²) < 4.78 is 10.5. The molecular weight excluding hydrogens is 400 g/mol. The summed E-state index contributed by atoms with van der Waals surface area (Å²) in [5, 5.41) is 0.140. The van der Waals surface area contributed by atoms with Gasteiger partial charge in [0, 0.05) is 18.6 Å². The van der Waals surface area contributed by atoms with Crippen LogP contribution in [-0.2, 0) is 20.6 Å². The first-order chi connectivity index (χ1) is 11.4. The quantitative estimate of drug-likeness (QED) is 0.613. The minimum atomic E-state index is -0.445. The molecule has 0 saturated carbocycles. The van der Waals surface area contributed by atoms with E-state index in [9.17, 15) is 9.59 Å². The number of ether oxygens (including phenoxy) is 1. The lowest BCUT2D eigenvalue weighted by Gasteiger charge is -2.09. The highest BCUT2D eigenvalue weighted by atomic mass is 79.9. The zero-order valence-corrected chi connectivity index (χ0v) is 15.3. The number of halogens is 2. The van der Waals surface area contributed by atoms with Crippen LogP contribution in [0.1, 0.15) is 0 Å². The van der Waals surface area contributed by atoms with E-state index in [0.717, 1.165) is 9.04 Å². The van der Waals surface area contributed by atoms with Gasteiger partial charge in [-0.15, -0.1) is 0 Å². The first kappa shape index (κ1) is 16.8. The van der Waals surface area contributed by atoms with E-state index < -0.39 is 11.2 Å². The van der Waals surface area contributed by atoms with Gasteiger partial charge in [0.15, 0.2) is 11.2 Å². The maximum absolute atomic E-state index is 12.4. The van der Waals surface area contributed by atoms with Gasteiger partial charge in [0.2, 0.25) is 5.28 Å². The van der Waals surface area contributed by atoms with Crippen LogP contribution in [0.5, 0.6) is 5.75 Å². The molecule has 0 unspecified atom stereocenters. The number of hydrogen-bond acceptors (Lipinski definition) is 4. The minimum absolute atomic E-state index is 0.140. The van der Waals surface area contributed by atoms with E-state index in [1.54, 1.807) is 11.6 Å². The molecule has 0 aliphatic rings. The molecule has 0 saturated heterocycles. The number of imidazole rings is 1. The summed E-state index contributed by atoms with van der Waals surface area (Å²) in [7, 11) is 2.98. The third kappa shape index (κ3) is 2.87. The third-order valence-corrected chi connectivity index (χ3v) is 4.46. The number of aromatic nitrogens is 4. The lowest BCUT2D eigenvalue weighted by molar-refractivity contribution is 0.300. The van der Waals surface area contributed by atoms with Crippen LogP contribution >= 0.6 is 27.5 Å². The highest BCUT2D eigenvalue weighted by Gasteiger charge is 2.17. The second-order valence-electron chi connectivity index (χ2n) is 5.22. The summed E-state index contributed by atoms with van der Waals surface area (Å²) in [4.78, 5) is 28.5. The van der Waals surface area contributed by atoms with Gasteiger partial charge in [0.1, 0.15) is 12.4 Å². The Kier molecular flexibility index (Phi) is 4.51. The molecule has 126 valence electrons. The fourth-order valence-corrected chi connectivity index (χ4v) is 3.06. The molecule has 1 aromatic carbocycles. The lowest BCUT2D eigenvalue weighted by atomic mass is 10.3. The van der Waals surface area contributed by atoms with Crippen LogP contribution in [0.4, 0.5) is 0 Å². The van der Waals surface area contributed by atoms with Gasteiger partial charge in [-0.3, -0.25) is 13.9 Å². The zero-order chi connectivity index (χ0) is 17.4. The summed E-state index contributed by atoms with van der Waals surface area (Å²) >= 11 is 9.52. The van der Waals surface area contributed by atoms with Crippen molar-refractivity contribution in [1.29, 1.82) is 0 Å². The van der Waals surface area contributed by atoms with Crippen LogP contribution in [0.15, 0.2) is 38.3 Å². The van der Waals surface area contributed by atoms with Gasteiger partial charge in [-0.25, -0.2) is 4.79 Å². The van der Waals surface area contributed by atoms with Gasteiger partial charge < -0.3 is 9.30 Å². The predicted octanol–water partition coefficient (Wildman–Crippen LogP) is 1.93. The third-order valence-electron chi connectivity index (χ3n) is 3.68. The molecule has 0 N–H and O–H groups in total. The summed E-state index contributed by atoms with van der Waals surface area (Å²) in [6.45, 7) is 0.628. The first-order valence-electron chi connectivity index (χ1n) is 7.10. The largest absolute Gasteiger partial charge is 0.492 e. The smallest absolute Gasteiger partial charge is 0.332 e. The molecule has 0 fully saturated rings. The molecular formula is C15H14BrClN4O3. The lowest BCUT2D eigenvalue weighted by Crippen LogP contribution is -2.37. The molecule has 7 nitrogen and oxygen atoms in total. The Morgan fingerprint density at radius 3 is 2.71 bits per heavy atom. The van der Waals surface area contributed by atoms with Crippen molar-refractivity contribution in [3.05, 3.63) is 54.9 Å². The molecule has 24 heavy (non-hydrogen) atoms. The normalized spacial score (nSPS) is 11.2. The van der Waals surface area contributed by atoms with Crippen molar-refractivity contribution in [1.82, 2.24) is 18.7 Å². The van der Waals surface area contributed by atoms with Crippen LogP contribution < -0.4 is 16.0 Å². The Labute approximate surface area is 150 Å². The van der Waals surface area contributed by atoms with Gasteiger partial charge in [-0.1, -0.05) is 22.0 Å². The number of hydrogen-bond donors (Lipinski definition) is 0. The Morgan fingerprint density at radius 1 is 1.25 bits per heavy atom. The standard InChI is InChI=1S/C15H14BrClN4O3/c1-19-12-11(13(22)20(2)15(19)23)21(14(17)18-12)6-7-24-10-5-3-4-9(16)8-10/h3-5,8H,6-7H2,1-2H3. The molecule has 0 amide bonds. The molecule has 0 aliphatic heterocycles. The average molecular weight is 414 g/mol. The van der Waals surface area contributed by atoms with Crippen molar-refractivity contribution in [2.75, 3.05) is 6.61 Å². The topological polar surface area (TPSA) is 71.0 Å². The minimum Gasteiger partial charge on any atom is -0.492 e. The van der Waals surface area contributed by atoms with Gasteiger partial charge in [-0.05, 0) is 29.8 Å². The highest BCUT2D eigenvalue weighted by molar-refractivity contribution is 9.10. The molecule has 2 aromatic heterocycles. The van der Waals surface area contributed by atoms with Crippen molar-refractivity contribution >= 4 is 38.7 Å². The summed E-state index contributed by atoms with van der Waals surface area (Å²) in [6.07, 6.45) is 0. The number of fused-ring (bicyclic) bond motifs is 1. The average Bonchev–Trinajstić information content (AvgIpc) is 2.88. The molecule has 0 bridgehead atoms. The SMILES string of the molecule is Cn1c(=O)c2c(nc(Cl)n2CCOc2cccc(Br)c2)n(C)c1=O. The van der Waals surface area contributed by atoms with Gasteiger partial charge >= 0.3 is 5.69 Å². The van der Waals surface area contributed by atoms with Crippen molar-refractivity contribution in [3.63, 3.8) is 0 Å². The van der Waals surface area contributed by atoms with E-state index in [1.165, 1.54) is 11.6 Å². The molecule has 0 aliphatic carbocycles. The first-order valence-corrected chi connectivity index (χ1v) is 8.27. The molecule has 0 spiro atoms. The van der Waals surface area contributed by atoms with Gasteiger partial charge in [0.25, 0.3) is 5.56 Å². The van der Waals surface area contributed by atoms with Gasteiger partial charge in [-0.2, -0.15) is 4.98 Å². The number of rotatable bonds is 4. The Morgan fingerprint density at radius 2 is 2.00 bits per heavy atom. The summed E-state index contributed by atoms with van der Waals surface area (Å²) in [5.41, 5.74) is -0.341. The maximum Gasteiger partial charge on any atom is 0.332 e. The maximum atomic E-state index is 12.4. The number of aryl methyl sites for hydroxylation is 1. The number of benzene rings is 1. The Hall–Kier alpha value is -2.06. The van der Waals surface area contributed by atoms with Crippen LogP contribution in [0.3, 0.4) is 0 Å². The molecule has 2 heterocycles. The molecule has 9 heteroatoms. The Bertz CT molecular complexity index is 1040. The van der Waals surface area contributed by atoms with Crippen LogP contribution in [0.2, 0.25) is 5.28 Å². The van der Waals surface area contributed by atoms with E-state index in [1.807, 2.05) is 24.3 Å². The number of nitrogens with zero attached hydrogens (tertiary/aromatic N) is 4. The van der Waals surface area contributed by atoms with Crippen molar-refractivity contribution in [3.8, 4) is 5.75 Å². The fourth-order valence-electron chi connectivity index (χ4n) is 2.44. The van der Waals surface area contributed by atoms with E-state index in [-0.39, 0.29) is 16.4 Å². The zero-order valence-electron chi connectivity index (χ0n) is 13.0. The fraction of sp³-hybridized carbons (Fsp3) is 0.267. The van der Waals surface area contributed by atoms with Crippen molar-refractivity contribution < 1.29 is 4.74 Å². The van der Waals surface area contributed by atoms with Crippen LogP contribution in [0.25, 0.3) is 11.2 Å². The predicted molar refractivity (Wildman–Crippen MR) is 94.9 cm³/mol. The summed E-state index contributed by atoms with van der Waals surface area (Å²) in [6, 6.07) is 7.44. The van der Waals surface area contributed by atoms with Crippen LogP contribution in [-0.4, -0.2) is 25.3 Å². The van der Waals surface area contributed by atoms with Crippen molar-refractivity contribution in [2.45, 2.75) is 6.54 Å². The van der Waals surface area contributed by atoms with Crippen molar-refractivity contribution in [2.24, 2.45) is 14.1 Å². The van der Waals surface area contributed by atoms with Gasteiger partial charge in [0.05, 0.1) is 6.54 Å². The van der Waals surface area contributed by atoms with E-state index in [4.69, 9.17) is 16.3 Å². The monoisotopic (exact) mass is 412 g/mol. The molecule has 0 radical (unpaired) electrons. The second-order valence-corrected chi connectivity index (χ2v) is 6.47. The molecule has 0 atom stereocenters. The second kappa shape index (κ2) is 6.45. The molecule has 3 rings (SSSR count). The van der Waals surface area contributed by atoms with E-state index in [2.05, 4.69) is 20.9 Å². The van der Waals surface area contributed by atoms with Crippen LogP contribution in [0, 0.1) is 0 Å². The van der Waals surface area contributed by atoms with E-state index >= 15 is 0 Å². The molecule has 3 aromatic rings. The Balaban J connectivity index is 1.94. The van der Waals surface area contributed by atoms with E-state index in [0.29, 0.717) is 18.9 Å². The summed E-state index contributed by atoms with van der Waals surface area (Å²) in [5.74, 6) is 0.699.